The van der Waals surface area contributed by atoms with Crippen molar-refractivity contribution in [1.82, 2.24) is 0 Å². The van der Waals surface area contributed by atoms with E-state index in [1.165, 1.54) is 64.2 Å². The fraction of sp³-hybridized carbons (Fsp3) is 0.735. The van der Waals surface area contributed by atoms with Crippen LogP contribution in [0.3, 0.4) is 0 Å². The zero-order valence-corrected chi connectivity index (χ0v) is 23.6. The van der Waals surface area contributed by atoms with Crippen molar-refractivity contribution < 1.29 is 9.53 Å². The Balaban J connectivity index is 1.26. The number of carbonyl (C=O) groups excluding carboxylic acids is 1. The summed E-state index contributed by atoms with van der Waals surface area (Å²) < 4.78 is 5.96. The van der Waals surface area contributed by atoms with E-state index in [4.69, 9.17) is 4.74 Å². The van der Waals surface area contributed by atoms with Crippen molar-refractivity contribution in [2.45, 2.75) is 111 Å². The molecule has 0 N–H and O–H groups in total. The minimum absolute atomic E-state index is 0.0614. The Morgan fingerprint density at radius 2 is 1.72 bits per heavy atom. The average Bonchev–Trinajstić information content (AvgIpc) is 3.22. The van der Waals surface area contributed by atoms with Crippen LogP contribution in [0.15, 0.2) is 42.0 Å². The predicted molar refractivity (Wildman–Crippen MR) is 149 cm³/mol. The molecule has 8 atom stereocenters. The van der Waals surface area contributed by atoms with E-state index in [1.54, 1.807) is 5.57 Å². The largest absolute Gasteiger partial charge is 0.455 e. The monoisotopic (exact) mass is 490 g/mol. The molecule has 0 bridgehead atoms. The molecule has 4 aliphatic rings. The molecular weight excluding hydrogens is 440 g/mol. The second-order valence-corrected chi connectivity index (χ2v) is 13.9. The van der Waals surface area contributed by atoms with Gasteiger partial charge in [-0.3, -0.25) is 0 Å². The highest BCUT2D eigenvalue weighted by atomic mass is 16.5. The van der Waals surface area contributed by atoms with Crippen LogP contribution in [0.5, 0.6) is 0 Å². The van der Waals surface area contributed by atoms with Gasteiger partial charge in [0.15, 0.2) is 0 Å². The summed E-state index contributed by atoms with van der Waals surface area (Å²) >= 11 is 0. The van der Waals surface area contributed by atoms with Crippen molar-refractivity contribution in [3.63, 3.8) is 0 Å². The smallest absolute Gasteiger partial charge is 0.338 e. The van der Waals surface area contributed by atoms with E-state index < -0.39 is 0 Å². The standard InChI is InChI=1S/C34H50O2/c1-23(2)10-9-11-24(3)29-16-17-30-28-15-14-26-22-27(36-32(35)25-12-7-6-8-13-25)18-20-33(26,4)31(28)19-21-34(29,30)5/h6-8,12-13,22-24,27-31H,9-11,14-21H2,1-5H3/t24-,27-,28+,29-,30+,31+,33-,34-/m0/s1. The van der Waals surface area contributed by atoms with Gasteiger partial charge in [0.2, 0.25) is 0 Å². The normalized spacial score (nSPS) is 38.5. The van der Waals surface area contributed by atoms with Crippen LogP contribution in [0.1, 0.15) is 116 Å². The second kappa shape index (κ2) is 10.3. The lowest BCUT2D eigenvalue weighted by atomic mass is 9.46. The SMILES string of the molecule is CC(C)CCC[C@H](C)[C@@H]1CC[C@@H]2[C@H]3CCC4=C[C@@H](OC(=O)c5ccccc5)CC[C@]4(C)[C@@H]3CC[C@]21C. The number of rotatable bonds is 7. The Labute approximate surface area is 220 Å². The van der Waals surface area contributed by atoms with Gasteiger partial charge in [0.25, 0.3) is 0 Å². The van der Waals surface area contributed by atoms with Crippen LogP contribution in [0.4, 0.5) is 0 Å². The molecule has 1 aromatic carbocycles. The van der Waals surface area contributed by atoms with E-state index in [9.17, 15) is 4.79 Å². The van der Waals surface area contributed by atoms with Crippen LogP contribution in [0.25, 0.3) is 0 Å². The molecular formula is C34H50O2. The molecule has 4 aliphatic carbocycles. The van der Waals surface area contributed by atoms with Crippen LogP contribution in [0.2, 0.25) is 0 Å². The van der Waals surface area contributed by atoms with E-state index >= 15 is 0 Å². The number of fused-ring (bicyclic) bond motifs is 5. The molecule has 3 saturated carbocycles. The number of allylic oxidation sites excluding steroid dienone is 1. The highest BCUT2D eigenvalue weighted by molar-refractivity contribution is 5.89. The highest BCUT2D eigenvalue weighted by Crippen LogP contribution is 2.67. The van der Waals surface area contributed by atoms with E-state index in [1.807, 2.05) is 30.3 Å². The summed E-state index contributed by atoms with van der Waals surface area (Å²) in [7, 11) is 0. The second-order valence-electron chi connectivity index (χ2n) is 13.9. The van der Waals surface area contributed by atoms with Gasteiger partial charge in [-0.25, -0.2) is 4.79 Å². The van der Waals surface area contributed by atoms with Crippen LogP contribution in [-0.4, -0.2) is 12.1 Å². The van der Waals surface area contributed by atoms with Gasteiger partial charge in [0.05, 0.1) is 5.56 Å². The molecule has 198 valence electrons. The molecule has 0 aromatic heterocycles. The molecule has 2 nitrogen and oxygen atoms in total. The van der Waals surface area contributed by atoms with Gasteiger partial charge in [-0.15, -0.1) is 0 Å². The molecule has 0 unspecified atom stereocenters. The van der Waals surface area contributed by atoms with E-state index in [-0.39, 0.29) is 12.1 Å². The van der Waals surface area contributed by atoms with Gasteiger partial charge in [-0.1, -0.05) is 77.7 Å². The lowest BCUT2D eigenvalue weighted by molar-refractivity contribution is -0.0635. The van der Waals surface area contributed by atoms with Crippen molar-refractivity contribution in [3.05, 3.63) is 47.5 Å². The van der Waals surface area contributed by atoms with E-state index in [0.717, 1.165) is 41.9 Å². The van der Waals surface area contributed by atoms with Crippen molar-refractivity contribution >= 4 is 5.97 Å². The summed E-state index contributed by atoms with van der Waals surface area (Å²) in [6.07, 6.45) is 17.0. The topological polar surface area (TPSA) is 26.3 Å². The molecule has 0 aliphatic heterocycles. The third-order valence-corrected chi connectivity index (χ3v) is 11.5. The third-order valence-electron chi connectivity index (χ3n) is 11.5. The number of carbonyl (C=O) groups is 1. The maximum absolute atomic E-state index is 12.7. The molecule has 0 heterocycles. The number of hydrogen-bond acceptors (Lipinski definition) is 2. The maximum Gasteiger partial charge on any atom is 0.338 e. The molecule has 0 saturated heterocycles. The minimum atomic E-state index is -0.178. The van der Waals surface area contributed by atoms with Crippen molar-refractivity contribution in [3.8, 4) is 0 Å². The Morgan fingerprint density at radius 1 is 0.944 bits per heavy atom. The Kier molecular flexibility index (Phi) is 7.45. The number of ether oxygens (including phenoxy) is 1. The quantitative estimate of drug-likeness (QED) is 0.281. The summed E-state index contributed by atoms with van der Waals surface area (Å²) in [4.78, 5) is 12.7. The Bertz CT molecular complexity index is 947. The summed E-state index contributed by atoms with van der Waals surface area (Å²) in [5, 5.41) is 0. The summed E-state index contributed by atoms with van der Waals surface area (Å²) in [6, 6.07) is 9.47. The van der Waals surface area contributed by atoms with Crippen LogP contribution >= 0.6 is 0 Å². The van der Waals surface area contributed by atoms with Gasteiger partial charge in [0.1, 0.15) is 6.10 Å². The third kappa shape index (κ3) is 4.71. The Hall–Kier alpha value is -1.57. The first kappa shape index (κ1) is 26.1. The first-order chi connectivity index (χ1) is 17.2. The molecule has 0 amide bonds. The molecule has 1 aromatic rings. The first-order valence-electron chi connectivity index (χ1n) is 15.2. The number of hydrogen-bond donors (Lipinski definition) is 0. The van der Waals surface area contributed by atoms with E-state index in [0.29, 0.717) is 16.4 Å². The lowest BCUT2D eigenvalue weighted by Crippen LogP contribution is -2.51. The van der Waals surface area contributed by atoms with Gasteiger partial charge >= 0.3 is 5.97 Å². The molecule has 36 heavy (non-hydrogen) atoms. The van der Waals surface area contributed by atoms with Crippen molar-refractivity contribution in [2.75, 3.05) is 0 Å². The summed E-state index contributed by atoms with van der Waals surface area (Å²) in [6.45, 7) is 12.6. The Morgan fingerprint density at radius 3 is 2.47 bits per heavy atom. The highest BCUT2D eigenvalue weighted by Gasteiger charge is 2.59. The summed E-state index contributed by atoms with van der Waals surface area (Å²) in [5.41, 5.74) is 3.12. The van der Waals surface area contributed by atoms with Crippen LogP contribution < -0.4 is 0 Å². The number of esters is 1. The lowest BCUT2D eigenvalue weighted by Gasteiger charge is -2.59. The van der Waals surface area contributed by atoms with Gasteiger partial charge in [0, 0.05) is 0 Å². The zero-order valence-electron chi connectivity index (χ0n) is 23.6. The van der Waals surface area contributed by atoms with Gasteiger partial charge < -0.3 is 4.74 Å². The number of benzene rings is 1. The first-order valence-corrected chi connectivity index (χ1v) is 15.2. The molecule has 0 radical (unpaired) electrons. The van der Waals surface area contributed by atoms with Crippen molar-refractivity contribution in [1.29, 1.82) is 0 Å². The molecule has 2 heteroatoms. The minimum Gasteiger partial charge on any atom is -0.455 e. The maximum atomic E-state index is 12.7. The molecule has 3 fully saturated rings. The fourth-order valence-corrected chi connectivity index (χ4v) is 9.59. The molecule has 5 rings (SSSR count). The summed E-state index contributed by atoms with van der Waals surface area (Å²) in [5.74, 6) is 5.08. The van der Waals surface area contributed by atoms with Crippen molar-refractivity contribution in [2.24, 2.45) is 46.3 Å². The van der Waals surface area contributed by atoms with Crippen LogP contribution in [-0.2, 0) is 4.74 Å². The van der Waals surface area contributed by atoms with E-state index in [2.05, 4.69) is 40.7 Å². The van der Waals surface area contributed by atoms with Crippen LogP contribution in [0, 0.1) is 46.3 Å². The predicted octanol–water partition coefficient (Wildman–Crippen LogP) is 9.25. The zero-order chi connectivity index (χ0) is 25.5. The molecule has 0 spiro atoms. The average molecular weight is 491 g/mol. The fourth-order valence-electron chi connectivity index (χ4n) is 9.59. The van der Waals surface area contributed by atoms with Gasteiger partial charge in [-0.2, -0.15) is 0 Å². The van der Waals surface area contributed by atoms with Gasteiger partial charge in [-0.05, 0) is 116 Å².